The summed E-state index contributed by atoms with van der Waals surface area (Å²) in [6.45, 7) is 0.132. The van der Waals surface area contributed by atoms with Crippen molar-refractivity contribution >= 4 is 0 Å². The molecule has 0 unspecified atom stereocenters. The van der Waals surface area contributed by atoms with Gasteiger partial charge in [0.15, 0.2) is 0 Å². The van der Waals surface area contributed by atoms with Gasteiger partial charge in [-0.15, -0.1) is 0 Å². The van der Waals surface area contributed by atoms with E-state index < -0.39 is 11.7 Å². The van der Waals surface area contributed by atoms with Crippen molar-refractivity contribution in [3.05, 3.63) is 71.3 Å². The van der Waals surface area contributed by atoms with E-state index in [2.05, 4.69) is 5.32 Å². The Labute approximate surface area is 121 Å². The number of hydrogen-bond donors (Lipinski definition) is 2. The van der Waals surface area contributed by atoms with Crippen LogP contribution in [0.1, 0.15) is 22.7 Å². The SMILES string of the molecule is OC[C@H](NCc1cccc(C(F)(F)F)c1)c1ccccc1. The Morgan fingerprint density at radius 1 is 1.00 bits per heavy atom. The Bertz CT molecular complexity index is 569. The quantitative estimate of drug-likeness (QED) is 0.884. The van der Waals surface area contributed by atoms with Crippen molar-refractivity contribution in [2.45, 2.75) is 18.8 Å². The molecule has 0 aliphatic heterocycles. The predicted octanol–water partition coefficient (Wildman–Crippen LogP) is 3.53. The molecule has 2 nitrogen and oxygen atoms in total. The molecule has 0 bridgehead atoms. The van der Waals surface area contributed by atoms with Gasteiger partial charge in [-0.25, -0.2) is 0 Å². The molecule has 21 heavy (non-hydrogen) atoms. The van der Waals surface area contributed by atoms with Gasteiger partial charge in [0, 0.05) is 6.54 Å². The summed E-state index contributed by atoms with van der Waals surface area (Å²) in [4.78, 5) is 0. The molecule has 0 heterocycles. The average Bonchev–Trinajstić information content (AvgIpc) is 2.48. The van der Waals surface area contributed by atoms with E-state index in [4.69, 9.17) is 0 Å². The molecule has 0 aliphatic rings. The molecule has 2 rings (SSSR count). The third-order valence-electron chi connectivity index (χ3n) is 3.19. The summed E-state index contributed by atoms with van der Waals surface area (Å²) in [5.74, 6) is 0. The minimum Gasteiger partial charge on any atom is -0.394 e. The van der Waals surface area contributed by atoms with Crippen LogP contribution in [0.5, 0.6) is 0 Å². The van der Waals surface area contributed by atoms with E-state index >= 15 is 0 Å². The first-order valence-corrected chi connectivity index (χ1v) is 6.56. The zero-order valence-electron chi connectivity index (χ0n) is 11.3. The molecule has 0 saturated carbocycles. The van der Waals surface area contributed by atoms with Crippen molar-refractivity contribution in [3.63, 3.8) is 0 Å². The molecule has 0 radical (unpaired) electrons. The molecule has 2 aromatic carbocycles. The van der Waals surface area contributed by atoms with Gasteiger partial charge >= 0.3 is 6.18 Å². The number of rotatable bonds is 5. The van der Waals surface area contributed by atoms with Crippen LogP contribution in [-0.2, 0) is 12.7 Å². The molecule has 0 aromatic heterocycles. The van der Waals surface area contributed by atoms with Gasteiger partial charge in [0.1, 0.15) is 0 Å². The Morgan fingerprint density at radius 3 is 2.33 bits per heavy atom. The lowest BCUT2D eigenvalue weighted by molar-refractivity contribution is -0.137. The lowest BCUT2D eigenvalue weighted by Crippen LogP contribution is -2.24. The summed E-state index contributed by atoms with van der Waals surface area (Å²) in [6, 6.07) is 14.2. The number of nitrogens with one attached hydrogen (secondary N) is 1. The zero-order chi connectivity index (χ0) is 15.3. The van der Waals surface area contributed by atoms with Crippen LogP contribution < -0.4 is 5.32 Å². The maximum Gasteiger partial charge on any atom is 0.416 e. The number of alkyl halides is 3. The molecule has 0 saturated heterocycles. The van der Waals surface area contributed by atoms with Gasteiger partial charge in [0.2, 0.25) is 0 Å². The summed E-state index contributed by atoms with van der Waals surface area (Å²) in [5.41, 5.74) is 0.758. The first-order valence-electron chi connectivity index (χ1n) is 6.56. The van der Waals surface area contributed by atoms with Crippen LogP contribution in [0.4, 0.5) is 13.2 Å². The van der Waals surface area contributed by atoms with Crippen molar-refractivity contribution < 1.29 is 18.3 Å². The van der Waals surface area contributed by atoms with Crippen LogP contribution in [0.2, 0.25) is 0 Å². The smallest absolute Gasteiger partial charge is 0.394 e. The molecule has 0 amide bonds. The van der Waals surface area contributed by atoms with Gasteiger partial charge < -0.3 is 10.4 Å². The highest BCUT2D eigenvalue weighted by molar-refractivity contribution is 5.26. The van der Waals surface area contributed by atoms with Crippen molar-refractivity contribution in [2.24, 2.45) is 0 Å². The van der Waals surface area contributed by atoms with Crippen LogP contribution in [0.25, 0.3) is 0 Å². The minimum atomic E-state index is -4.34. The van der Waals surface area contributed by atoms with E-state index in [1.54, 1.807) is 6.07 Å². The van der Waals surface area contributed by atoms with Crippen LogP contribution in [0.3, 0.4) is 0 Å². The lowest BCUT2D eigenvalue weighted by Gasteiger charge is -2.17. The van der Waals surface area contributed by atoms with Crippen LogP contribution in [-0.4, -0.2) is 11.7 Å². The highest BCUT2D eigenvalue weighted by Crippen LogP contribution is 2.29. The van der Waals surface area contributed by atoms with Gasteiger partial charge in [-0.05, 0) is 17.2 Å². The van der Waals surface area contributed by atoms with E-state index in [9.17, 15) is 18.3 Å². The summed E-state index contributed by atoms with van der Waals surface area (Å²) in [6.07, 6.45) is -4.34. The van der Waals surface area contributed by atoms with E-state index in [1.165, 1.54) is 6.07 Å². The maximum absolute atomic E-state index is 12.6. The fraction of sp³-hybridized carbons (Fsp3) is 0.250. The van der Waals surface area contributed by atoms with Gasteiger partial charge in [-0.2, -0.15) is 13.2 Å². The summed E-state index contributed by atoms with van der Waals surface area (Å²) in [7, 11) is 0. The van der Waals surface area contributed by atoms with Crippen molar-refractivity contribution in [3.8, 4) is 0 Å². The maximum atomic E-state index is 12.6. The first-order chi connectivity index (χ1) is 10.0. The molecular formula is C16H16F3NO. The molecule has 112 valence electrons. The summed E-state index contributed by atoms with van der Waals surface area (Å²) in [5, 5.41) is 12.5. The summed E-state index contributed by atoms with van der Waals surface area (Å²) >= 11 is 0. The third kappa shape index (κ3) is 4.31. The molecule has 1 atom stereocenters. The fourth-order valence-electron chi connectivity index (χ4n) is 2.07. The Kier molecular flexibility index (Phi) is 4.98. The van der Waals surface area contributed by atoms with Gasteiger partial charge in [0.25, 0.3) is 0 Å². The second-order valence-electron chi connectivity index (χ2n) is 4.72. The monoisotopic (exact) mass is 295 g/mol. The van der Waals surface area contributed by atoms with E-state index in [0.717, 1.165) is 17.7 Å². The predicted molar refractivity (Wildman–Crippen MR) is 74.6 cm³/mol. The third-order valence-corrected chi connectivity index (χ3v) is 3.19. The Morgan fingerprint density at radius 2 is 1.71 bits per heavy atom. The van der Waals surface area contributed by atoms with E-state index in [-0.39, 0.29) is 19.2 Å². The first kappa shape index (κ1) is 15.5. The normalized spacial score (nSPS) is 13.1. The van der Waals surface area contributed by atoms with Crippen LogP contribution in [0.15, 0.2) is 54.6 Å². The standard InChI is InChI=1S/C16H16F3NO/c17-16(18,19)14-8-4-5-12(9-14)10-20-15(11-21)13-6-2-1-3-7-13/h1-9,15,20-21H,10-11H2/t15-/m0/s1. The molecule has 5 heteroatoms. The highest BCUT2D eigenvalue weighted by atomic mass is 19.4. The minimum absolute atomic E-state index is 0.122. The molecule has 0 spiro atoms. The van der Waals surface area contributed by atoms with E-state index in [0.29, 0.717) is 5.56 Å². The van der Waals surface area contributed by atoms with Gasteiger partial charge in [-0.1, -0.05) is 48.5 Å². The number of aliphatic hydroxyl groups is 1. The van der Waals surface area contributed by atoms with Crippen molar-refractivity contribution in [1.29, 1.82) is 0 Å². The van der Waals surface area contributed by atoms with Crippen molar-refractivity contribution in [2.75, 3.05) is 6.61 Å². The van der Waals surface area contributed by atoms with Gasteiger partial charge in [0.05, 0.1) is 18.2 Å². The largest absolute Gasteiger partial charge is 0.416 e. The molecule has 2 N–H and O–H groups in total. The highest BCUT2D eigenvalue weighted by Gasteiger charge is 2.30. The Hall–Kier alpha value is -1.85. The lowest BCUT2D eigenvalue weighted by atomic mass is 10.1. The second-order valence-corrected chi connectivity index (χ2v) is 4.72. The van der Waals surface area contributed by atoms with E-state index in [1.807, 2.05) is 30.3 Å². The number of hydrogen-bond acceptors (Lipinski definition) is 2. The zero-order valence-corrected chi connectivity index (χ0v) is 11.3. The van der Waals surface area contributed by atoms with Crippen molar-refractivity contribution in [1.82, 2.24) is 5.32 Å². The topological polar surface area (TPSA) is 32.3 Å². The second kappa shape index (κ2) is 6.74. The Balaban J connectivity index is 2.05. The number of aliphatic hydroxyl groups excluding tert-OH is 1. The van der Waals surface area contributed by atoms with Crippen LogP contribution in [0, 0.1) is 0 Å². The molecular weight excluding hydrogens is 279 g/mol. The molecule has 0 aliphatic carbocycles. The molecule has 2 aromatic rings. The van der Waals surface area contributed by atoms with Crippen LogP contribution >= 0.6 is 0 Å². The fourth-order valence-corrected chi connectivity index (χ4v) is 2.07. The average molecular weight is 295 g/mol. The molecule has 0 fully saturated rings. The summed E-state index contributed by atoms with van der Waals surface area (Å²) < 4.78 is 37.9. The van der Waals surface area contributed by atoms with Gasteiger partial charge in [-0.3, -0.25) is 0 Å². The number of halogens is 3. The number of benzene rings is 2.